The van der Waals surface area contributed by atoms with Crippen LogP contribution in [0.1, 0.15) is 0 Å². The van der Waals surface area contributed by atoms with Crippen LogP contribution in [0.25, 0.3) is 17.0 Å². The molecule has 3 N–H and O–H groups in total. The average Bonchev–Trinajstić information content (AvgIpc) is 2.74. The highest BCUT2D eigenvalue weighted by atomic mass is 16.3. The van der Waals surface area contributed by atoms with Gasteiger partial charge in [-0.3, -0.25) is 0 Å². The van der Waals surface area contributed by atoms with Crippen LogP contribution in [0.4, 0.5) is 5.69 Å². The number of aromatic hydroxyl groups is 1. The van der Waals surface area contributed by atoms with Gasteiger partial charge in [-0.1, -0.05) is 12.1 Å². The second-order valence-corrected chi connectivity index (χ2v) is 3.72. The fourth-order valence-corrected chi connectivity index (χ4v) is 1.69. The summed E-state index contributed by atoms with van der Waals surface area (Å²) in [6.07, 6.45) is 1.73. The number of hydrogen-bond donors (Lipinski definition) is 2. The van der Waals surface area contributed by atoms with Crippen molar-refractivity contribution in [3.8, 4) is 17.1 Å². The highest BCUT2D eigenvalue weighted by molar-refractivity contribution is 5.64. The molecule has 0 aliphatic rings. The minimum Gasteiger partial charge on any atom is -0.504 e. The molecular weight excluding hydrogens is 216 g/mol. The fourth-order valence-electron chi connectivity index (χ4n) is 1.69. The third-order valence-corrected chi connectivity index (χ3v) is 2.49. The van der Waals surface area contributed by atoms with E-state index in [0.717, 1.165) is 5.56 Å². The molecule has 1 aromatic carbocycles. The van der Waals surface area contributed by atoms with Crippen LogP contribution in [-0.4, -0.2) is 19.7 Å². The maximum Gasteiger partial charge on any atom is 0.198 e. The van der Waals surface area contributed by atoms with Gasteiger partial charge in [-0.25, -0.2) is 9.50 Å². The predicted octanol–water partition coefficient (Wildman–Crippen LogP) is 1.68. The molecule has 3 rings (SSSR count). The van der Waals surface area contributed by atoms with Gasteiger partial charge in [0.25, 0.3) is 0 Å². The minimum absolute atomic E-state index is 0.107. The van der Waals surface area contributed by atoms with Gasteiger partial charge >= 0.3 is 0 Å². The van der Waals surface area contributed by atoms with Gasteiger partial charge in [0.1, 0.15) is 0 Å². The molecule has 5 nitrogen and oxygen atoms in total. The standard InChI is InChI=1S/C12H10N4O/c13-9-4-1-3-8(7-9)11-14-12-10(17)5-2-6-16(12)15-11/h1-7,17H,13H2. The van der Waals surface area contributed by atoms with Crippen molar-refractivity contribution >= 4 is 11.3 Å². The van der Waals surface area contributed by atoms with Crippen molar-refractivity contribution in [2.45, 2.75) is 0 Å². The fraction of sp³-hybridized carbons (Fsp3) is 0. The molecule has 5 heteroatoms. The summed E-state index contributed by atoms with van der Waals surface area (Å²) in [7, 11) is 0. The van der Waals surface area contributed by atoms with Crippen LogP contribution < -0.4 is 5.73 Å². The number of fused-ring (bicyclic) bond motifs is 1. The summed E-state index contributed by atoms with van der Waals surface area (Å²) >= 11 is 0. The summed E-state index contributed by atoms with van der Waals surface area (Å²) in [6, 6.07) is 10.6. The number of nitrogen functional groups attached to an aromatic ring is 1. The van der Waals surface area contributed by atoms with Crippen LogP contribution in [-0.2, 0) is 0 Å². The van der Waals surface area contributed by atoms with Crippen molar-refractivity contribution in [1.29, 1.82) is 0 Å². The first-order valence-electron chi connectivity index (χ1n) is 5.14. The van der Waals surface area contributed by atoms with E-state index in [1.54, 1.807) is 30.5 Å². The van der Waals surface area contributed by atoms with Crippen LogP contribution in [0, 0.1) is 0 Å². The molecular formula is C12H10N4O. The van der Waals surface area contributed by atoms with E-state index in [2.05, 4.69) is 10.1 Å². The van der Waals surface area contributed by atoms with Gasteiger partial charge in [-0.2, -0.15) is 0 Å². The van der Waals surface area contributed by atoms with Gasteiger partial charge in [-0.05, 0) is 24.3 Å². The van der Waals surface area contributed by atoms with Gasteiger partial charge in [0.15, 0.2) is 17.2 Å². The number of anilines is 1. The predicted molar refractivity (Wildman–Crippen MR) is 64.5 cm³/mol. The van der Waals surface area contributed by atoms with Crippen molar-refractivity contribution in [3.05, 3.63) is 42.6 Å². The smallest absolute Gasteiger partial charge is 0.198 e. The molecule has 0 aliphatic heterocycles. The summed E-state index contributed by atoms with van der Waals surface area (Å²) in [4.78, 5) is 4.27. The monoisotopic (exact) mass is 226 g/mol. The summed E-state index contributed by atoms with van der Waals surface area (Å²) in [5.74, 6) is 0.647. The Morgan fingerprint density at radius 3 is 2.82 bits per heavy atom. The van der Waals surface area contributed by atoms with Gasteiger partial charge in [0.2, 0.25) is 0 Å². The van der Waals surface area contributed by atoms with E-state index in [0.29, 0.717) is 17.2 Å². The maximum atomic E-state index is 9.64. The molecule has 0 atom stereocenters. The topological polar surface area (TPSA) is 76.4 Å². The quantitative estimate of drug-likeness (QED) is 0.619. The first-order chi connectivity index (χ1) is 8.24. The lowest BCUT2D eigenvalue weighted by atomic mass is 10.2. The lowest BCUT2D eigenvalue weighted by Gasteiger charge is -1.95. The Labute approximate surface area is 97.1 Å². The molecule has 3 aromatic rings. The third kappa shape index (κ3) is 1.57. The Morgan fingerprint density at radius 2 is 2.06 bits per heavy atom. The zero-order chi connectivity index (χ0) is 11.8. The maximum absolute atomic E-state index is 9.64. The van der Waals surface area contributed by atoms with E-state index < -0.39 is 0 Å². The lowest BCUT2D eigenvalue weighted by molar-refractivity contribution is 0.477. The molecule has 0 spiro atoms. The summed E-state index contributed by atoms with van der Waals surface area (Å²) in [5.41, 5.74) is 7.63. The normalized spacial score (nSPS) is 10.8. The summed E-state index contributed by atoms with van der Waals surface area (Å²) in [5, 5.41) is 13.9. The van der Waals surface area contributed by atoms with Crippen LogP contribution in [0.5, 0.6) is 5.75 Å². The Bertz CT molecular complexity index is 690. The molecule has 84 valence electrons. The van der Waals surface area contributed by atoms with E-state index in [9.17, 15) is 5.11 Å². The number of nitrogens with zero attached hydrogens (tertiary/aromatic N) is 3. The molecule has 0 saturated carbocycles. The first kappa shape index (κ1) is 9.65. The largest absolute Gasteiger partial charge is 0.504 e. The van der Waals surface area contributed by atoms with Crippen molar-refractivity contribution < 1.29 is 5.11 Å². The van der Waals surface area contributed by atoms with E-state index >= 15 is 0 Å². The summed E-state index contributed by atoms with van der Waals surface area (Å²) in [6.45, 7) is 0. The van der Waals surface area contributed by atoms with Gasteiger partial charge in [0, 0.05) is 17.4 Å². The van der Waals surface area contributed by atoms with Crippen LogP contribution in [0.15, 0.2) is 42.6 Å². The van der Waals surface area contributed by atoms with Gasteiger partial charge < -0.3 is 10.8 Å². The summed E-state index contributed by atoms with van der Waals surface area (Å²) < 4.78 is 1.54. The molecule has 0 bridgehead atoms. The highest BCUT2D eigenvalue weighted by Gasteiger charge is 2.08. The molecule has 0 aliphatic carbocycles. The van der Waals surface area contributed by atoms with Crippen LogP contribution in [0.3, 0.4) is 0 Å². The highest BCUT2D eigenvalue weighted by Crippen LogP contribution is 2.22. The van der Waals surface area contributed by atoms with E-state index in [-0.39, 0.29) is 5.75 Å². The van der Waals surface area contributed by atoms with Crippen molar-refractivity contribution in [1.82, 2.24) is 14.6 Å². The van der Waals surface area contributed by atoms with Crippen molar-refractivity contribution in [2.24, 2.45) is 0 Å². The number of benzene rings is 1. The lowest BCUT2D eigenvalue weighted by Crippen LogP contribution is -1.87. The van der Waals surface area contributed by atoms with E-state index in [1.165, 1.54) is 4.52 Å². The second-order valence-electron chi connectivity index (χ2n) is 3.72. The van der Waals surface area contributed by atoms with Crippen molar-refractivity contribution in [2.75, 3.05) is 5.73 Å². The third-order valence-electron chi connectivity index (χ3n) is 2.49. The van der Waals surface area contributed by atoms with Crippen LogP contribution >= 0.6 is 0 Å². The molecule has 0 fully saturated rings. The minimum atomic E-state index is 0.107. The molecule has 2 heterocycles. The number of hydrogen-bond acceptors (Lipinski definition) is 4. The zero-order valence-corrected chi connectivity index (χ0v) is 8.91. The van der Waals surface area contributed by atoms with Crippen molar-refractivity contribution in [3.63, 3.8) is 0 Å². The molecule has 0 unspecified atom stereocenters. The van der Waals surface area contributed by atoms with Gasteiger partial charge in [-0.15, -0.1) is 5.10 Å². The molecule has 0 saturated heterocycles. The zero-order valence-electron chi connectivity index (χ0n) is 8.91. The SMILES string of the molecule is Nc1cccc(-c2nc3c(O)cccn3n2)c1. The average molecular weight is 226 g/mol. The number of pyridine rings is 1. The Morgan fingerprint density at radius 1 is 1.18 bits per heavy atom. The Balaban J connectivity index is 2.22. The number of rotatable bonds is 1. The Hall–Kier alpha value is -2.56. The second kappa shape index (κ2) is 3.48. The molecule has 2 aromatic heterocycles. The number of aromatic nitrogens is 3. The molecule has 17 heavy (non-hydrogen) atoms. The van der Waals surface area contributed by atoms with E-state index in [1.807, 2.05) is 12.1 Å². The number of nitrogens with two attached hydrogens (primary N) is 1. The van der Waals surface area contributed by atoms with Crippen LogP contribution in [0.2, 0.25) is 0 Å². The molecule has 0 amide bonds. The van der Waals surface area contributed by atoms with E-state index in [4.69, 9.17) is 5.73 Å². The van der Waals surface area contributed by atoms with Gasteiger partial charge in [0.05, 0.1) is 0 Å². The molecule has 0 radical (unpaired) electrons. The Kier molecular flexibility index (Phi) is 1.98. The first-order valence-corrected chi connectivity index (χ1v) is 5.14.